The monoisotopic (exact) mass is 689 g/mol. The van der Waals surface area contributed by atoms with Gasteiger partial charge in [0.05, 0.1) is 29.6 Å². The van der Waals surface area contributed by atoms with Crippen molar-refractivity contribution in [1.29, 1.82) is 0 Å². The van der Waals surface area contributed by atoms with Gasteiger partial charge in [0, 0.05) is 42.2 Å². The first-order valence-corrected chi connectivity index (χ1v) is 17.8. The number of alkyl halides is 1. The highest BCUT2D eigenvalue weighted by Gasteiger charge is 2.25. The summed E-state index contributed by atoms with van der Waals surface area (Å²) >= 11 is 0. The van der Waals surface area contributed by atoms with Gasteiger partial charge in [-0.15, -0.1) is 0 Å². The van der Waals surface area contributed by atoms with Crippen molar-refractivity contribution in [3.8, 4) is 0 Å². The minimum Gasteiger partial charge on any atom is -0.390 e. The molecule has 2 amide bonds. The van der Waals surface area contributed by atoms with E-state index >= 15 is 0 Å². The molecule has 1 heterocycles. The summed E-state index contributed by atoms with van der Waals surface area (Å²) < 4.78 is 41.8. The fourth-order valence-electron chi connectivity index (χ4n) is 5.12. The van der Waals surface area contributed by atoms with Crippen LogP contribution in [0.2, 0.25) is 0 Å². The first-order valence-electron chi connectivity index (χ1n) is 16.1. The van der Waals surface area contributed by atoms with E-state index in [1.807, 2.05) is 67.6 Å². The second-order valence-electron chi connectivity index (χ2n) is 12.4. The normalized spacial score (nSPS) is 13.6. The summed E-state index contributed by atoms with van der Waals surface area (Å²) in [7, 11) is -3.73. The van der Waals surface area contributed by atoms with Crippen LogP contribution in [0.4, 0.5) is 10.1 Å². The Balaban J connectivity index is 1.56. The molecule has 4 aromatic rings. The number of nitrogens with zero attached hydrogens (tertiary/aromatic N) is 1. The van der Waals surface area contributed by atoms with Gasteiger partial charge in [-0.2, -0.15) is 0 Å². The Morgan fingerprint density at radius 3 is 2.10 bits per heavy atom. The first-order chi connectivity index (χ1) is 23.2. The van der Waals surface area contributed by atoms with Crippen LogP contribution in [-0.4, -0.2) is 54.8 Å². The summed E-state index contributed by atoms with van der Waals surface area (Å²) in [6.07, 6.45) is 2.32. The second kappa shape index (κ2) is 16.6. The molecule has 0 fully saturated rings. The van der Waals surface area contributed by atoms with Crippen LogP contribution < -0.4 is 20.7 Å². The van der Waals surface area contributed by atoms with Crippen LogP contribution >= 0.6 is 0 Å². The smallest absolute Gasteiger partial charge is 0.251 e. The number of amides is 2. The zero-order valence-corrected chi connectivity index (χ0v) is 28.9. The summed E-state index contributed by atoms with van der Waals surface area (Å²) in [6, 6.07) is 23.4. The molecule has 0 aliphatic heterocycles. The van der Waals surface area contributed by atoms with Crippen molar-refractivity contribution in [2.24, 2.45) is 0 Å². The Hall–Kier alpha value is -4.65. The molecule has 4 rings (SSSR count). The van der Waals surface area contributed by atoms with E-state index in [2.05, 4.69) is 25.7 Å². The van der Waals surface area contributed by atoms with Crippen molar-refractivity contribution in [2.45, 2.75) is 64.5 Å². The number of hydrogen-bond acceptors (Lipinski definition) is 7. The number of aliphatic hydroxyl groups excluding tert-OH is 1. The molecule has 1 aromatic heterocycles. The number of rotatable bonds is 16. The number of aliphatic hydroxyl groups is 1. The molecule has 0 aliphatic rings. The average molecular weight is 690 g/mol. The van der Waals surface area contributed by atoms with E-state index in [4.69, 9.17) is 0 Å². The van der Waals surface area contributed by atoms with Crippen molar-refractivity contribution in [2.75, 3.05) is 17.0 Å². The van der Waals surface area contributed by atoms with Gasteiger partial charge in [0.1, 0.15) is 5.67 Å². The third kappa shape index (κ3) is 11.2. The Morgan fingerprint density at radius 2 is 1.49 bits per heavy atom. The molecule has 0 saturated carbocycles. The maximum absolute atomic E-state index is 14.4. The van der Waals surface area contributed by atoms with Crippen LogP contribution in [0, 0.1) is 0 Å². The molecule has 49 heavy (non-hydrogen) atoms. The molecule has 0 bridgehead atoms. The van der Waals surface area contributed by atoms with E-state index in [0.717, 1.165) is 16.7 Å². The van der Waals surface area contributed by atoms with Gasteiger partial charge in [-0.05, 0) is 75.1 Å². The van der Waals surface area contributed by atoms with Gasteiger partial charge in [0.15, 0.2) is 0 Å². The van der Waals surface area contributed by atoms with Gasteiger partial charge >= 0.3 is 0 Å². The zero-order chi connectivity index (χ0) is 35.6. The molecule has 260 valence electrons. The predicted molar refractivity (Wildman–Crippen MR) is 189 cm³/mol. The van der Waals surface area contributed by atoms with E-state index < -0.39 is 39.7 Å². The topological polar surface area (TPSA) is 150 Å². The molecule has 5 N–H and O–H groups in total. The number of benzene rings is 3. The van der Waals surface area contributed by atoms with Gasteiger partial charge in [0.2, 0.25) is 10.0 Å². The number of carbonyl (C=O) groups is 2. The average Bonchev–Trinajstić information content (AvgIpc) is 3.08. The number of anilines is 1. The van der Waals surface area contributed by atoms with Crippen molar-refractivity contribution in [1.82, 2.24) is 20.9 Å². The number of pyridine rings is 1. The highest BCUT2D eigenvalue weighted by molar-refractivity contribution is 7.92. The number of nitrogens with one attached hydrogen (secondary N) is 4. The molecule has 3 atom stereocenters. The van der Waals surface area contributed by atoms with Crippen molar-refractivity contribution in [3.05, 3.63) is 131 Å². The standard InChI is InChI=1S/C37H44FN5O5S/c1-5-49(47,48)43-32-19-29(35(45)41-25(2)28-14-10-7-11-15-28)18-30(20-32)36(46)42-33(17-26-12-8-6-9-13-26)34(44)24-40-22-27-16-31(23-39-21-27)37(3,4)38/h6-16,18-21,23,25,33-34,40,43-44H,5,17,22,24H2,1-4H3,(H,41,45)(H,42,46)/t25-,33+,34-/m1/s1. The molecule has 0 unspecified atom stereocenters. The van der Waals surface area contributed by atoms with E-state index in [-0.39, 0.29) is 41.6 Å². The molecule has 0 aliphatic carbocycles. The van der Waals surface area contributed by atoms with Gasteiger partial charge in [0.25, 0.3) is 11.8 Å². The SMILES string of the molecule is CCS(=O)(=O)Nc1cc(C(=O)N[C@@H](Cc2ccccc2)[C@H](O)CNCc2cncc(C(C)(C)F)c2)cc(C(=O)N[C@H](C)c2ccccc2)c1. The molecular weight excluding hydrogens is 646 g/mol. The Bertz CT molecular complexity index is 1820. The van der Waals surface area contributed by atoms with Gasteiger partial charge in [-0.25, -0.2) is 12.8 Å². The van der Waals surface area contributed by atoms with Crippen LogP contribution in [0.15, 0.2) is 97.3 Å². The van der Waals surface area contributed by atoms with E-state index in [1.165, 1.54) is 45.2 Å². The van der Waals surface area contributed by atoms with E-state index in [0.29, 0.717) is 12.1 Å². The number of carbonyl (C=O) groups excluding carboxylic acids is 2. The summed E-state index contributed by atoms with van der Waals surface area (Å²) in [5.74, 6) is -1.31. The Labute approximate surface area is 287 Å². The van der Waals surface area contributed by atoms with Crippen LogP contribution in [0.1, 0.15) is 76.7 Å². The molecule has 0 radical (unpaired) electrons. The van der Waals surface area contributed by atoms with Crippen LogP contribution in [-0.2, 0) is 28.7 Å². The van der Waals surface area contributed by atoms with Crippen LogP contribution in [0.25, 0.3) is 0 Å². The maximum Gasteiger partial charge on any atom is 0.251 e. The number of aromatic nitrogens is 1. The lowest BCUT2D eigenvalue weighted by atomic mass is 9.99. The second-order valence-corrected chi connectivity index (χ2v) is 14.4. The lowest BCUT2D eigenvalue weighted by molar-refractivity contribution is 0.0830. The summed E-state index contributed by atoms with van der Waals surface area (Å²) in [4.78, 5) is 31.3. The fraction of sp³-hybridized carbons (Fsp3) is 0.324. The number of halogens is 1. The van der Waals surface area contributed by atoms with Crippen molar-refractivity contribution in [3.63, 3.8) is 0 Å². The molecule has 0 spiro atoms. The quantitative estimate of drug-likeness (QED) is 0.111. The lowest BCUT2D eigenvalue weighted by Crippen LogP contribution is -2.48. The zero-order valence-electron chi connectivity index (χ0n) is 28.1. The number of sulfonamides is 1. The first kappa shape index (κ1) is 37.2. The molecule has 0 saturated heterocycles. The summed E-state index contributed by atoms with van der Waals surface area (Å²) in [6.45, 7) is 6.60. The third-order valence-corrected chi connectivity index (χ3v) is 9.31. The fourth-order valence-corrected chi connectivity index (χ4v) is 5.75. The molecule has 10 nitrogen and oxygen atoms in total. The third-order valence-electron chi connectivity index (χ3n) is 8.00. The van der Waals surface area contributed by atoms with Crippen molar-refractivity contribution < 1.29 is 27.5 Å². The Kier molecular flexibility index (Phi) is 12.6. The maximum atomic E-state index is 14.4. The van der Waals surface area contributed by atoms with E-state index in [1.54, 1.807) is 12.3 Å². The van der Waals surface area contributed by atoms with Gasteiger partial charge < -0.3 is 21.1 Å². The number of hydrogen-bond donors (Lipinski definition) is 5. The van der Waals surface area contributed by atoms with Gasteiger partial charge in [-0.3, -0.25) is 19.3 Å². The van der Waals surface area contributed by atoms with Crippen LogP contribution in [0.3, 0.4) is 0 Å². The summed E-state index contributed by atoms with van der Waals surface area (Å²) in [5, 5.41) is 20.3. The van der Waals surface area contributed by atoms with E-state index in [9.17, 15) is 27.5 Å². The Morgan fingerprint density at radius 1 is 0.878 bits per heavy atom. The molecule has 3 aromatic carbocycles. The van der Waals surface area contributed by atoms with Crippen molar-refractivity contribution >= 4 is 27.5 Å². The van der Waals surface area contributed by atoms with Crippen LogP contribution in [0.5, 0.6) is 0 Å². The minimum absolute atomic E-state index is 0.0313. The minimum atomic E-state index is -3.73. The highest BCUT2D eigenvalue weighted by Crippen LogP contribution is 2.24. The summed E-state index contributed by atoms with van der Waals surface area (Å²) in [5.41, 5.74) is 1.53. The molecular formula is C37H44FN5O5S. The lowest BCUT2D eigenvalue weighted by Gasteiger charge is -2.25. The van der Waals surface area contributed by atoms with Gasteiger partial charge in [-0.1, -0.05) is 60.7 Å². The largest absolute Gasteiger partial charge is 0.390 e. The molecule has 12 heteroatoms. The predicted octanol–water partition coefficient (Wildman–Crippen LogP) is 5.03. The highest BCUT2D eigenvalue weighted by atomic mass is 32.2.